The molecule has 2 aromatic carbocycles. The third kappa shape index (κ3) is 2.66. The van der Waals surface area contributed by atoms with Crippen LogP contribution in [0.15, 0.2) is 36.4 Å². The van der Waals surface area contributed by atoms with Crippen molar-refractivity contribution in [2.24, 2.45) is 0 Å². The molecule has 0 aliphatic rings. The van der Waals surface area contributed by atoms with Crippen LogP contribution in [0, 0.1) is 11.6 Å². The van der Waals surface area contributed by atoms with Gasteiger partial charge in [-0.15, -0.1) is 0 Å². The van der Waals surface area contributed by atoms with E-state index < -0.39 is 11.6 Å². The van der Waals surface area contributed by atoms with Gasteiger partial charge in [-0.25, -0.2) is 8.78 Å². The van der Waals surface area contributed by atoms with Gasteiger partial charge < -0.3 is 0 Å². The number of benzene rings is 2. The molecule has 0 radical (unpaired) electrons. The second-order valence-corrected chi connectivity index (χ2v) is 4.27. The van der Waals surface area contributed by atoms with E-state index >= 15 is 0 Å². The van der Waals surface area contributed by atoms with Crippen molar-refractivity contribution in [3.8, 4) is 0 Å². The van der Waals surface area contributed by atoms with E-state index in [1.54, 1.807) is 12.1 Å². The van der Waals surface area contributed by atoms with Gasteiger partial charge in [0.25, 0.3) is 0 Å². The Morgan fingerprint density at radius 2 is 1.11 bits per heavy atom. The van der Waals surface area contributed by atoms with E-state index in [1.165, 1.54) is 24.3 Å². The molecule has 2 nitrogen and oxygen atoms in total. The van der Waals surface area contributed by atoms with Gasteiger partial charge in [-0.1, -0.05) is 35.3 Å². The zero-order valence-electron chi connectivity index (χ0n) is 8.98. The van der Waals surface area contributed by atoms with Gasteiger partial charge in [0.05, 0.1) is 21.4 Å². The summed E-state index contributed by atoms with van der Waals surface area (Å²) in [5.41, 5.74) is 5.29. The molecule has 0 fully saturated rings. The van der Waals surface area contributed by atoms with Gasteiger partial charge >= 0.3 is 0 Å². The Labute approximate surface area is 112 Å². The summed E-state index contributed by atoms with van der Waals surface area (Å²) in [6.45, 7) is 0. The lowest BCUT2D eigenvalue weighted by Gasteiger charge is -2.12. The first-order valence-corrected chi connectivity index (χ1v) is 5.75. The predicted molar refractivity (Wildman–Crippen MR) is 70.1 cm³/mol. The summed E-state index contributed by atoms with van der Waals surface area (Å²) in [5, 5.41) is -0.0401. The molecule has 94 valence electrons. The Hall–Kier alpha value is -1.52. The highest BCUT2D eigenvalue weighted by molar-refractivity contribution is 6.31. The SMILES string of the molecule is Fc1c(Cl)cccc1NNc1cccc(Cl)c1F. The molecule has 0 atom stereocenters. The highest BCUT2D eigenvalue weighted by atomic mass is 35.5. The molecule has 0 aliphatic carbocycles. The van der Waals surface area contributed by atoms with Crippen molar-refractivity contribution < 1.29 is 8.78 Å². The largest absolute Gasteiger partial charge is 0.298 e. The van der Waals surface area contributed by atoms with E-state index in [2.05, 4.69) is 10.9 Å². The fraction of sp³-hybridized carbons (Fsp3) is 0. The first kappa shape index (κ1) is 12.9. The van der Waals surface area contributed by atoms with Crippen LogP contribution in [0.3, 0.4) is 0 Å². The number of hydrogen-bond donors (Lipinski definition) is 2. The minimum Gasteiger partial charge on any atom is -0.298 e. The monoisotopic (exact) mass is 288 g/mol. The molecule has 0 saturated heterocycles. The van der Waals surface area contributed by atoms with E-state index in [-0.39, 0.29) is 21.4 Å². The number of anilines is 2. The van der Waals surface area contributed by atoms with Gasteiger partial charge in [-0.05, 0) is 24.3 Å². The fourth-order valence-electron chi connectivity index (χ4n) is 1.34. The second-order valence-electron chi connectivity index (χ2n) is 3.45. The Kier molecular flexibility index (Phi) is 3.89. The van der Waals surface area contributed by atoms with Crippen LogP contribution < -0.4 is 10.9 Å². The molecule has 2 aromatic rings. The third-order valence-corrected chi connectivity index (χ3v) is 2.82. The van der Waals surface area contributed by atoms with Crippen LogP contribution in [0.1, 0.15) is 0 Å². The van der Waals surface area contributed by atoms with Crippen molar-refractivity contribution in [1.82, 2.24) is 0 Å². The zero-order chi connectivity index (χ0) is 13.1. The highest BCUT2D eigenvalue weighted by Gasteiger charge is 2.08. The lowest BCUT2D eigenvalue weighted by molar-refractivity contribution is 0.627. The molecule has 0 bridgehead atoms. The molecule has 2 N–H and O–H groups in total. The Morgan fingerprint density at radius 1 is 0.722 bits per heavy atom. The lowest BCUT2D eigenvalue weighted by Crippen LogP contribution is -2.11. The Bertz CT molecular complexity index is 524. The molecule has 0 amide bonds. The quantitative estimate of drug-likeness (QED) is 0.799. The van der Waals surface area contributed by atoms with Gasteiger partial charge in [-0.2, -0.15) is 0 Å². The Morgan fingerprint density at radius 3 is 1.50 bits per heavy atom. The molecule has 0 saturated carbocycles. The molecule has 0 aliphatic heterocycles. The van der Waals surface area contributed by atoms with Crippen molar-refractivity contribution in [1.29, 1.82) is 0 Å². The number of hydrogen-bond acceptors (Lipinski definition) is 2. The molecule has 2 rings (SSSR count). The summed E-state index contributed by atoms with van der Waals surface area (Å²) in [7, 11) is 0. The number of rotatable bonds is 3. The van der Waals surface area contributed by atoms with E-state index in [0.29, 0.717) is 0 Å². The van der Waals surface area contributed by atoms with Crippen LogP contribution in [-0.2, 0) is 0 Å². The summed E-state index contributed by atoms with van der Waals surface area (Å²) in [5.74, 6) is -1.23. The summed E-state index contributed by atoms with van der Waals surface area (Å²) < 4.78 is 27.1. The van der Waals surface area contributed by atoms with Crippen LogP contribution in [0.25, 0.3) is 0 Å². The normalized spacial score (nSPS) is 10.2. The van der Waals surface area contributed by atoms with Crippen LogP contribution in [0.5, 0.6) is 0 Å². The van der Waals surface area contributed by atoms with Gasteiger partial charge in [0.1, 0.15) is 0 Å². The van der Waals surface area contributed by atoms with Crippen LogP contribution in [0.2, 0.25) is 10.0 Å². The van der Waals surface area contributed by atoms with E-state index in [9.17, 15) is 8.78 Å². The van der Waals surface area contributed by atoms with Crippen LogP contribution in [0.4, 0.5) is 20.2 Å². The summed E-state index contributed by atoms with van der Waals surface area (Å²) in [6.07, 6.45) is 0. The van der Waals surface area contributed by atoms with Gasteiger partial charge in [0.15, 0.2) is 11.6 Å². The summed E-state index contributed by atoms with van der Waals surface area (Å²) in [4.78, 5) is 0. The minimum absolute atomic E-state index is 0.0200. The second kappa shape index (κ2) is 5.42. The first-order chi connectivity index (χ1) is 8.59. The smallest absolute Gasteiger partial charge is 0.166 e. The predicted octanol–water partition coefficient (Wildman–Crippen LogP) is 4.71. The van der Waals surface area contributed by atoms with Crippen molar-refractivity contribution in [3.63, 3.8) is 0 Å². The number of nitrogens with one attached hydrogen (secondary N) is 2. The molecule has 0 aromatic heterocycles. The minimum atomic E-state index is -0.617. The van der Waals surface area contributed by atoms with E-state index in [0.717, 1.165) is 0 Å². The van der Waals surface area contributed by atoms with Crippen molar-refractivity contribution in [2.45, 2.75) is 0 Å². The van der Waals surface area contributed by atoms with Crippen molar-refractivity contribution in [3.05, 3.63) is 58.1 Å². The van der Waals surface area contributed by atoms with Gasteiger partial charge in [0.2, 0.25) is 0 Å². The maximum absolute atomic E-state index is 13.5. The summed E-state index contributed by atoms with van der Waals surface area (Å²) in [6, 6.07) is 8.92. The van der Waals surface area contributed by atoms with Crippen LogP contribution in [-0.4, -0.2) is 0 Å². The summed E-state index contributed by atoms with van der Waals surface area (Å²) >= 11 is 11.2. The maximum Gasteiger partial charge on any atom is 0.166 e. The molecule has 0 spiro atoms. The third-order valence-electron chi connectivity index (χ3n) is 2.24. The average Bonchev–Trinajstić information content (AvgIpc) is 2.36. The standard InChI is InChI=1S/C12H8Cl2F2N2/c13-7-3-1-5-9(11(7)15)17-18-10-6-2-4-8(14)12(10)16/h1-6,17-18H. The zero-order valence-corrected chi connectivity index (χ0v) is 10.5. The fourth-order valence-corrected chi connectivity index (χ4v) is 1.68. The molecular formula is C12H8Cl2F2N2. The average molecular weight is 289 g/mol. The van der Waals surface area contributed by atoms with Crippen LogP contribution >= 0.6 is 23.2 Å². The maximum atomic E-state index is 13.5. The molecule has 0 unspecified atom stereocenters. The van der Waals surface area contributed by atoms with Gasteiger partial charge in [-0.3, -0.25) is 10.9 Å². The topological polar surface area (TPSA) is 24.1 Å². The number of hydrazine groups is 1. The van der Waals surface area contributed by atoms with E-state index in [1.807, 2.05) is 0 Å². The highest BCUT2D eigenvalue weighted by Crippen LogP contribution is 2.24. The molecule has 6 heteroatoms. The molecular weight excluding hydrogens is 281 g/mol. The molecule has 18 heavy (non-hydrogen) atoms. The molecule has 0 heterocycles. The number of halogens is 4. The van der Waals surface area contributed by atoms with Crippen molar-refractivity contribution >= 4 is 34.6 Å². The van der Waals surface area contributed by atoms with Crippen molar-refractivity contribution in [2.75, 3.05) is 10.9 Å². The van der Waals surface area contributed by atoms with E-state index in [4.69, 9.17) is 23.2 Å². The lowest BCUT2D eigenvalue weighted by atomic mass is 10.3. The Balaban J connectivity index is 2.17. The van der Waals surface area contributed by atoms with Gasteiger partial charge in [0, 0.05) is 0 Å². The first-order valence-electron chi connectivity index (χ1n) is 4.99.